The maximum Gasteiger partial charge on any atom is 0.0593 e. The average Bonchev–Trinajstić information content (AvgIpc) is 3.12. The van der Waals surface area contributed by atoms with Gasteiger partial charge in [0.1, 0.15) is 0 Å². The first-order valence-electron chi connectivity index (χ1n) is 6.25. The molecule has 17 heavy (non-hydrogen) atoms. The Morgan fingerprint density at radius 2 is 2.12 bits per heavy atom. The molecule has 1 fully saturated rings. The minimum Gasteiger partial charge on any atom is -0.380 e. The van der Waals surface area contributed by atoms with Crippen LogP contribution in [0.5, 0.6) is 0 Å². The highest BCUT2D eigenvalue weighted by molar-refractivity contribution is 9.10. The van der Waals surface area contributed by atoms with E-state index >= 15 is 0 Å². The third kappa shape index (κ3) is 4.78. The highest BCUT2D eigenvalue weighted by Gasteiger charge is 2.20. The van der Waals surface area contributed by atoms with Gasteiger partial charge in [-0.15, -0.1) is 0 Å². The van der Waals surface area contributed by atoms with Crippen LogP contribution in [0.1, 0.15) is 18.4 Å². The van der Waals surface area contributed by atoms with Gasteiger partial charge in [-0.05, 0) is 37.4 Å². The van der Waals surface area contributed by atoms with E-state index in [0.717, 1.165) is 32.2 Å². The minimum atomic E-state index is 0.845. The monoisotopic (exact) mass is 297 g/mol. The zero-order chi connectivity index (χ0) is 12.1. The fourth-order valence-electron chi connectivity index (χ4n) is 1.75. The van der Waals surface area contributed by atoms with Gasteiger partial charge in [0.25, 0.3) is 0 Å². The van der Waals surface area contributed by atoms with Crippen LogP contribution in [-0.4, -0.2) is 31.7 Å². The molecule has 2 rings (SSSR count). The molecule has 1 saturated carbocycles. The highest BCUT2D eigenvalue weighted by Crippen LogP contribution is 2.28. The van der Waals surface area contributed by atoms with Crippen LogP contribution < -0.4 is 0 Å². The molecule has 0 atom stereocenters. The first kappa shape index (κ1) is 13.1. The van der Waals surface area contributed by atoms with Crippen molar-refractivity contribution in [2.24, 2.45) is 5.92 Å². The maximum absolute atomic E-state index is 5.64. The summed E-state index contributed by atoms with van der Waals surface area (Å²) in [4.78, 5) is 2.30. The zero-order valence-electron chi connectivity index (χ0n) is 10.4. The number of benzene rings is 1. The number of rotatable bonds is 7. The van der Waals surface area contributed by atoms with Crippen LogP contribution in [0.3, 0.4) is 0 Å². The van der Waals surface area contributed by atoms with Crippen molar-refractivity contribution in [3.63, 3.8) is 0 Å². The molecule has 1 aromatic rings. The Morgan fingerprint density at radius 3 is 2.82 bits per heavy atom. The molecule has 0 amide bonds. The summed E-state index contributed by atoms with van der Waals surface area (Å²) >= 11 is 3.58. The maximum atomic E-state index is 5.64. The van der Waals surface area contributed by atoms with Gasteiger partial charge in [-0.2, -0.15) is 0 Å². The predicted octanol–water partition coefficient (Wildman–Crippen LogP) is 3.31. The lowest BCUT2D eigenvalue weighted by Gasteiger charge is -2.17. The summed E-state index contributed by atoms with van der Waals surface area (Å²) in [5.74, 6) is 0.864. The number of halogens is 1. The second kappa shape index (κ2) is 6.53. The van der Waals surface area contributed by atoms with Crippen molar-refractivity contribution in [2.45, 2.75) is 19.4 Å². The Morgan fingerprint density at radius 1 is 1.35 bits per heavy atom. The van der Waals surface area contributed by atoms with Crippen molar-refractivity contribution < 1.29 is 4.74 Å². The van der Waals surface area contributed by atoms with Gasteiger partial charge >= 0.3 is 0 Å². The Labute approximate surface area is 112 Å². The molecule has 0 aromatic heterocycles. The van der Waals surface area contributed by atoms with E-state index in [1.54, 1.807) is 0 Å². The van der Waals surface area contributed by atoms with Crippen LogP contribution in [0.25, 0.3) is 0 Å². The Hall–Kier alpha value is -0.380. The van der Waals surface area contributed by atoms with Crippen LogP contribution in [0, 0.1) is 5.92 Å². The fourth-order valence-corrected chi connectivity index (χ4v) is 2.16. The topological polar surface area (TPSA) is 12.5 Å². The fraction of sp³-hybridized carbons (Fsp3) is 0.571. The second-order valence-corrected chi connectivity index (χ2v) is 5.70. The van der Waals surface area contributed by atoms with E-state index in [9.17, 15) is 0 Å². The SMILES string of the molecule is CN(CCOCC1CC1)Cc1ccccc1Br. The average molecular weight is 298 g/mol. The largest absolute Gasteiger partial charge is 0.380 e. The Balaban J connectivity index is 1.65. The van der Waals surface area contributed by atoms with Crippen molar-refractivity contribution in [1.29, 1.82) is 0 Å². The van der Waals surface area contributed by atoms with Crippen LogP contribution in [0.4, 0.5) is 0 Å². The van der Waals surface area contributed by atoms with Crippen LogP contribution in [-0.2, 0) is 11.3 Å². The summed E-state index contributed by atoms with van der Waals surface area (Å²) in [6.45, 7) is 3.77. The van der Waals surface area contributed by atoms with Crippen molar-refractivity contribution in [3.8, 4) is 0 Å². The number of ether oxygens (including phenoxy) is 1. The van der Waals surface area contributed by atoms with E-state index in [2.05, 4.69) is 46.1 Å². The van der Waals surface area contributed by atoms with E-state index in [1.807, 2.05) is 6.07 Å². The molecular weight excluding hydrogens is 278 g/mol. The summed E-state index contributed by atoms with van der Waals surface area (Å²) in [6.07, 6.45) is 2.74. The Bertz CT molecular complexity index is 352. The summed E-state index contributed by atoms with van der Waals surface area (Å²) in [6, 6.07) is 8.38. The molecule has 1 aliphatic carbocycles. The molecule has 1 aliphatic rings. The molecule has 0 radical (unpaired) electrons. The molecule has 1 aromatic carbocycles. The highest BCUT2D eigenvalue weighted by atomic mass is 79.9. The number of hydrogen-bond acceptors (Lipinski definition) is 2. The summed E-state index contributed by atoms with van der Waals surface area (Å²) < 4.78 is 6.83. The summed E-state index contributed by atoms with van der Waals surface area (Å²) in [7, 11) is 2.14. The molecule has 0 bridgehead atoms. The van der Waals surface area contributed by atoms with Crippen molar-refractivity contribution >= 4 is 15.9 Å². The number of hydrogen-bond donors (Lipinski definition) is 0. The smallest absolute Gasteiger partial charge is 0.0593 e. The van der Waals surface area contributed by atoms with Crippen molar-refractivity contribution in [2.75, 3.05) is 26.8 Å². The van der Waals surface area contributed by atoms with Gasteiger partial charge in [-0.1, -0.05) is 34.1 Å². The second-order valence-electron chi connectivity index (χ2n) is 4.85. The molecule has 3 heteroatoms. The lowest BCUT2D eigenvalue weighted by Crippen LogP contribution is -2.23. The van der Waals surface area contributed by atoms with Crippen LogP contribution >= 0.6 is 15.9 Å². The van der Waals surface area contributed by atoms with Crippen molar-refractivity contribution in [3.05, 3.63) is 34.3 Å². The number of nitrogens with zero attached hydrogens (tertiary/aromatic N) is 1. The first-order chi connectivity index (χ1) is 8.25. The molecule has 2 nitrogen and oxygen atoms in total. The predicted molar refractivity (Wildman–Crippen MR) is 74.0 cm³/mol. The quantitative estimate of drug-likeness (QED) is 0.716. The van der Waals surface area contributed by atoms with Crippen LogP contribution in [0.2, 0.25) is 0 Å². The molecule has 0 aliphatic heterocycles. The zero-order valence-corrected chi connectivity index (χ0v) is 11.9. The molecular formula is C14H20BrNO. The standard InChI is InChI=1S/C14H20BrNO/c1-16(8-9-17-11-12-6-7-12)10-13-4-2-3-5-14(13)15/h2-5,12H,6-11H2,1H3. The van der Waals surface area contributed by atoms with Gasteiger partial charge in [-0.25, -0.2) is 0 Å². The van der Waals surface area contributed by atoms with Gasteiger partial charge in [0.2, 0.25) is 0 Å². The Kier molecular flexibility index (Phi) is 5.01. The summed E-state index contributed by atoms with van der Waals surface area (Å²) in [5, 5.41) is 0. The van der Waals surface area contributed by atoms with Gasteiger partial charge < -0.3 is 4.74 Å². The van der Waals surface area contributed by atoms with Gasteiger partial charge in [0, 0.05) is 24.2 Å². The lowest BCUT2D eigenvalue weighted by molar-refractivity contribution is 0.102. The third-order valence-electron chi connectivity index (χ3n) is 3.07. The van der Waals surface area contributed by atoms with E-state index in [4.69, 9.17) is 4.74 Å². The molecule has 0 spiro atoms. The van der Waals surface area contributed by atoms with E-state index in [-0.39, 0.29) is 0 Å². The lowest BCUT2D eigenvalue weighted by atomic mass is 10.2. The van der Waals surface area contributed by atoms with E-state index < -0.39 is 0 Å². The minimum absolute atomic E-state index is 0.845. The van der Waals surface area contributed by atoms with E-state index in [1.165, 1.54) is 22.9 Å². The van der Waals surface area contributed by atoms with Crippen LogP contribution in [0.15, 0.2) is 28.7 Å². The third-order valence-corrected chi connectivity index (χ3v) is 3.84. The molecule has 94 valence electrons. The van der Waals surface area contributed by atoms with Crippen molar-refractivity contribution in [1.82, 2.24) is 4.90 Å². The molecule has 0 heterocycles. The van der Waals surface area contributed by atoms with Gasteiger partial charge in [-0.3, -0.25) is 4.90 Å². The first-order valence-corrected chi connectivity index (χ1v) is 7.04. The molecule has 0 unspecified atom stereocenters. The van der Waals surface area contributed by atoms with Gasteiger partial charge in [0.15, 0.2) is 0 Å². The summed E-state index contributed by atoms with van der Waals surface area (Å²) in [5.41, 5.74) is 1.33. The van der Waals surface area contributed by atoms with E-state index in [0.29, 0.717) is 0 Å². The number of likely N-dealkylation sites (N-methyl/N-ethyl adjacent to an activating group) is 1. The van der Waals surface area contributed by atoms with Gasteiger partial charge in [0.05, 0.1) is 6.61 Å². The molecule has 0 saturated heterocycles. The normalized spacial score (nSPS) is 15.5. The molecule has 0 N–H and O–H groups in total.